The quantitative estimate of drug-likeness (QED) is 0.813. The van der Waals surface area contributed by atoms with Crippen LogP contribution in [0.2, 0.25) is 5.02 Å². The highest BCUT2D eigenvalue weighted by molar-refractivity contribution is 7.08. The van der Waals surface area contributed by atoms with Crippen LogP contribution in [0, 0.1) is 6.92 Å². The minimum Gasteiger partial charge on any atom is -0.396 e. The molecule has 3 N–H and O–H groups in total. The molecular formula is C12H13ClN2S. The van der Waals surface area contributed by atoms with Gasteiger partial charge in [0.15, 0.2) is 0 Å². The molecule has 0 radical (unpaired) electrons. The van der Waals surface area contributed by atoms with Crippen molar-refractivity contribution in [2.75, 3.05) is 11.1 Å². The number of thiophene rings is 1. The van der Waals surface area contributed by atoms with Gasteiger partial charge in [-0.25, -0.2) is 0 Å². The van der Waals surface area contributed by atoms with Crippen LogP contribution >= 0.6 is 22.9 Å². The molecule has 4 heteroatoms. The average molecular weight is 253 g/mol. The van der Waals surface area contributed by atoms with Crippen LogP contribution in [0.3, 0.4) is 0 Å². The van der Waals surface area contributed by atoms with Crippen molar-refractivity contribution in [3.8, 4) is 0 Å². The number of nitrogens with two attached hydrogens (primary N) is 1. The average Bonchev–Trinajstić information content (AvgIpc) is 2.67. The minimum atomic E-state index is 0.590. The fourth-order valence-corrected chi connectivity index (χ4v) is 2.48. The van der Waals surface area contributed by atoms with Gasteiger partial charge >= 0.3 is 0 Å². The van der Waals surface area contributed by atoms with Crippen molar-refractivity contribution < 1.29 is 0 Å². The second-order valence-corrected chi connectivity index (χ2v) is 4.79. The van der Waals surface area contributed by atoms with Crippen molar-refractivity contribution in [2.45, 2.75) is 13.5 Å². The Kier molecular flexibility index (Phi) is 3.36. The fraction of sp³-hybridized carbons (Fsp3) is 0.167. The summed E-state index contributed by atoms with van der Waals surface area (Å²) in [5.74, 6) is 0. The molecular weight excluding hydrogens is 240 g/mol. The van der Waals surface area contributed by atoms with Crippen molar-refractivity contribution >= 4 is 34.3 Å². The largest absolute Gasteiger partial charge is 0.396 e. The Hall–Kier alpha value is -1.19. The number of nitrogen functional groups attached to an aromatic ring is 1. The molecule has 0 bridgehead atoms. The molecule has 16 heavy (non-hydrogen) atoms. The number of benzene rings is 1. The molecule has 1 heterocycles. The molecule has 0 saturated heterocycles. The smallest absolute Gasteiger partial charge is 0.0739 e. The summed E-state index contributed by atoms with van der Waals surface area (Å²) in [5.41, 5.74) is 9.96. The van der Waals surface area contributed by atoms with Gasteiger partial charge in [0, 0.05) is 6.54 Å². The molecule has 0 atom stereocenters. The zero-order chi connectivity index (χ0) is 11.5. The number of para-hydroxylation sites is 1. The molecule has 0 unspecified atom stereocenters. The van der Waals surface area contributed by atoms with Crippen LogP contribution in [0.25, 0.3) is 0 Å². The maximum Gasteiger partial charge on any atom is 0.0739 e. The van der Waals surface area contributed by atoms with E-state index in [-0.39, 0.29) is 0 Å². The summed E-state index contributed by atoms with van der Waals surface area (Å²) in [6.45, 7) is 2.88. The third-order valence-electron chi connectivity index (χ3n) is 2.48. The Morgan fingerprint density at radius 1 is 1.38 bits per heavy atom. The summed E-state index contributed by atoms with van der Waals surface area (Å²) in [6.07, 6.45) is 0. The van der Waals surface area contributed by atoms with E-state index >= 15 is 0 Å². The number of anilines is 2. The molecule has 2 rings (SSSR count). The molecule has 0 fully saturated rings. The normalized spacial score (nSPS) is 10.4. The lowest BCUT2D eigenvalue weighted by molar-refractivity contribution is 1.14. The van der Waals surface area contributed by atoms with E-state index in [0.717, 1.165) is 12.2 Å². The van der Waals surface area contributed by atoms with E-state index in [1.807, 2.05) is 12.1 Å². The number of hydrogen-bond acceptors (Lipinski definition) is 3. The lowest BCUT2D eigenvalue weighted by Gasteiger charge is -2.10. The number of hydrogen-bond donors (Lipinski definition) is 2. The van der Waals surface area contributed by atoms with Crippen molar-refractivity contribution in [2.24, 2.45) is 0 Å². The molecule has 2 nitrogen and oxygen atoms in total. The Balaban J connectivity index is 2.11. The summed E-state index contributed by atoms with van der Waals surface area (Å²) in [4.78, 5) is 0. The summed E-state index contributed by atoms with van der Waals surface area (Å²) in [6, 6.07) is 5.61. The number of nitrogens with one attached hydrogen (secondary N) is 1. The highest BCUT2D eigenvalue weighted by Gasteiger charge is 2.03. The van der Waals surface area contributed by atoms with E-state index < -0.39 is 0 Å². The van der Waals surface area contributed by atoms with Crippen LogP contribution in [-0.2, 0) is 6.54 Å². The van der Waals surface area contributed by atoms with E-state index in [1.165, 1.54) is 11.1 Å². The lowest BCUT2D eigenvalue weighted by Crippen LogP contribution is -2.02. The second-order valence-electron chi connectivity index (χ2n) is 3.63. The predicted octanol–water partition coefficient (Wildman–Crippen LogP) is 3.90. The first-order chi connectivity index (χ1) is 7.68. The van der Waals surface area contributed by atoms with Gasteiger partial charge < -0.3 is 11.1 Å². The standard InChI is InChI=1S/C12H13ClN2S/c1-8-6-16-7-9(8)5-15-11-4-2-3-10(13)12(11)14/h2-4,6-7,15H,5,14H2,1H3. The maximum absolute atomic E-state index is 5.94. The zero-order valence-corrected chi connectivity index (χ0v) is 10.5. The van der Waals surface area contributed by atoms with E-state index in [9.17, 15) is 0 Å². The van der Waals surface area contributed by atoms with Gasteiger partial charge in [-0.3, -0.25) is 0 Å². The van der Waals surface area contributed by atoms with Crippen molar-refractivity contribution in [1.82, 2.24) is 0 Å². The van der Waals surface area contributed by atoms with Crippen LogP contribution in [0.4, 0.5) is 11.4 Å². The van der Waals surface area contributed by atoms with Gasteiger partial charge in [-0.05, 0) is 40.9 Å². The summed E-state index contributed by atoms with van der Waals surface area (Å²) in [7, 11) is 0. The molecule has 0 aliphatic carbocycles. The molecule has 0 aliphatic rings. The van der Waals surface area contributed by atoms with Gasteiger partial charge in [0.25, 0.3) is 0 Å². The summed E-state index contributed by atoms with van der Waals surface area (Å²) < 4.78 is 0. The fourth-order valence-electron chi connectivity index (χ4n) is 1.45. The van der Waals surface area contributed by atoms with Gasteiger partial charge in [0.05, 0.1) is 16.4 Å². The van der Waals surface area contributed by atoms with Crippen LogP contribution in [0.15, 0.2) is 29.0 Å². The third-order valence-corrected chi connectivity index (χ3v) is 3.72. The summed E-state index contributed by atoms with van der Waals surface area (Å²) in [5, 5.41) is 8.16. The third kappa shape index (κ3) is 2.31. The molecule has 0 saturated carbocycles. The van der Waals surface area contributed by atoms with Crippen molar-refractivity contribution in [1.29, 1.82) is 0 Å². The van der Waals surface area contributed by atoms with Gasteiger partial charge in [-0.2, -0.15) is 11.3 Å². The Morgan fingerprint density at radius 2 is 2.19 bits per heavy atom. The zero-order valence-electron chi connectivity index (χ0n) is 8.96. The molecule has 0 aliphatic heterocycles. The van der Waals surface area contributed by atoms with E-state index in [4.69, 9.17) is 17.3 Å². The highest BCUT2D eigenvalue weighted by Crippen LogP contribution is 2.27. The van der Waals surface area contributed by atoms with Gasteiger partial charge in [0.2, 0.25) is 0 Å². The Morgan fingerprint density at radius 3 is 2.88 bits per heavy atom. The van der Waals surface area contributed by atoms with Crippen molar-refractivity contribution in [3.05, 3.63) is 45.1 Å². The Bertz CT molecular complexity index is 494. The molecule has 1 aromatic carbocycles. The Labute approximate surface area is 104 Å². The molecule has 0 amide bonds. The SMILES string of the molecule is Cc1cscc1CNc1cccc(Cl)c1N. The molecule has 2 aromatic rings. The van der Waals surface area contributed by atoms with Crippen LogP contribution in [-0.4, -0.2) is 0 Å². The van der Waals surface area contributed by atoms with Crippen LogP contribution in [0.1, 0.15) is 11.1 Å². The highest BCUT2D eigenvalue weighted by atomic mass is 35.5. The van der Waals surface area contributed by atoms with Crippen molar-refractivity contribution in [3.63, 3.8) is 0 Å². The minimum absolute atomic E-state index is 0.590. The van der Waals surface area contributed by atoms with Gasteiger partial charge in [0.1, 0.15) is 0 Å². The maximum atomic E-state index is 5.94. The summed E-state index contributed by atoms with van der Waals surface area (Å²) >= 11 is 7.65. The predicted molar refractivity (Wildman–Crippen MR) is 72.2 cm³/mol. The number of aryl methyl sites for hydroxylation is 1. The van der Waals surface area contributed by atoms with Crippen LogP contribution < -0.4 is 11.1 Å². The van der Waals surface area contributed by atoms with Crippen LogP contribution in [0.5, 0.6) is 0 Å². The molecule has 1 aromatic heterocycles. The molecule has 0 spiro atoms. The van der Waals surface area contributed by atoms with E-state index in [1.54, 1.807) is 17.4 Å². The van der Waals surface area contributed by atoms with Gasteiger partial charge in [-0.15, -0.1) is 0 Å². The first kappa shape index (κ1) is 11.3. The first-order valence-electron chi connectivity index (χ1n) is 4.98. The lowest BCUT2D eigenvalue weighted by atomic mass is 10.2. The molecule has 84 valence electrons. The number of rotatable bonds is 3. The van der Waals surface area contributed by atoms with E-state index in [0.29, 0.717) is 10.7 Å². The monoisotopic (exact) mass is 252 g/mol. The van der Waals surface area contributed by atoms with E-state index in [2.05, 4.69) is 23.0 Å². The second kappa shape index (κ2) is 4.76. The topological polar surface area (TPSA) is 38.0 Å². The van der Waals surface area contributed by atoms with Gasteiger partial charge in [-0.1, -0.05) is 17.7 Å². The number of halogens is 1. The first-order valence-corrected chi connectivity index (χ1v) is 6.30.